The number of nitrogens with one attached hydrogen (secondary N) is 1. The molecular weight excluding hydrogens is 318 g/mol. The molecule has 0 aliphatic carbocycles. The van der Waals surface area contributed by atoms with E-state index in [0.29, 0.717) is 26.4 Å². The van der Waals surface area contributed by atoms with Crippen molar-refractivity contribution in [3.8, 4) is 0 Å². The molecule has 1 atom stereocenters. The minimum atomic E-state index is -0.451. The fourth-order valence-corrected chi connectivity index (χ4v) is 2.48. The first-order valence-electron chi connectivity index (χ1n) is 5.83. The molecule has 1 heterocycles. The van der Waals surface area contributed by atoms with Gasteiger partial charge in [-0.1, -0.05) is 0 Å². The molecule has 102 valence electrons. The largest absolute Gasteiger partial charge is 0.379 e. The van der Waals surface area contributed by atoms with Crippen molar-refractivity contribution in [2.24, 2.45) is 0 Å². The summed E-state index contributed by atoms with van der Waals surface area (Å²) in [6.45, 7) is 5.81. The third-order valence-corrected chi connectivity index (χ3v) is 3.81. The molecule has 0 aromatic carbocycles. The van der Waals surface area contributed by atoms with Crippen LogP contribution in [0.3, 0.4) is 0 Å². The van der Waals surface area contributed by atoms with E-state index in [0.717, 1.165) is 9.35 Å². The zero-order chi connectivity index (χ0) is 13.4. The quantitative estimate of drug-likeness (QED) is 0.743. The molecule has 0 aliphatic rings. The second kappa shape index (κ2) is 8.63. The SMILES string of the molecule is CCOCCOC(C)C(=O)NCc1csc(Br)c1. The van der Waals surface area contributed by atoms with Crippen molar-refractivity contribution in [2.75, 3.05) is 19.8 Å². The second-order valence-electron chi connectivity index (χ2n) is 3.69. The van der Waals surface area contributed by atoms with Gasteiger partial charge in [-0.3, -0.25) is 4.79 Å². The van der Waals surface area contributed by atoms with Crippen LogP contribution in [-0.2, 0) is 20.8 Å². The van der Waals surface area contributed by atoms with Crippen molar-refractivity contribution in [3.05, 3.63) is 20.8 Å². The van der Waals surface area contributed by atoms with Crippen LogP contribution in [0.15, 0.2) is 15.2 Å². The van der Waals surface area contributed by atoms with Crippen molar-refractivity contribution in [1.82, 2.24) is 5.32 Å². The number of amides is 1. The average Bonchev–Trinajstić information content (AvgIpc) is 2.77. The van der Waals surface area contributed by atoms with Gasteiger partial charge < -0.3 is 14.8 Å². The zero-order valence-electron chi connectivity index (χ0n) is 10.6. The number of ether oxygens (including phenoxy) is 2. The molecule has 0 bridgehead atoms. The van der Waals surface area contributed by atoms with E-state index in [1.807, 2.05) is 18.4 Å². The van der Waals surface area contributed by atoms with E-state index >= 15 is 0 Å². The minimum absolute atomic E-state index is 0.103. The summed E-state index contributed by atoms with van der Waals surface area (Å²) in [5.74, 6) is -0.103. The van der Waals surface area contributed by atoms with Crippen LogP contribution >= 0.6 is 27.3 Å². The van der Waals surface area contributed by atoms with Gasteiger partial charge in [0.05, 0.1) is 17.0 Å². The molecule has 1 rings (SSSR count). The highest BCUT2D eigenvalue weighted by Gasteiger charge is 2.12. The molecule has 4 nitrogen and oxygen atoms in total. The zero-order valence-corrected chi connectivity index (χ0v) is 13.0. The summed E-state index contributed by atoms with van der Waals surface area (Å²) < 4.78 is 11.6. The van der Waals surface area contributed by atoms with Gasteiger partial charge in [-0.25, -0.2) is 0 Å². The van der Waals surface area contributed by atoms with E-state index in [-0.39, 0.29) is 5.91 Å². The fourth-order valence-electron chi connectivity index (χ4n) is 1.28. The maximum atomic E-state index is 11.7. The van der Waals surface area contributed by atoms with E-state index in [9.17, 15) is 4.79 Å². The molecule has 0 fully saturated rings. The lowest BCUT2D eigenvalue weighted by atomic mass is 10.3. The topological polar surface area (TPSA) is 47.6 Å². The predicted molar refractivity (Wildman–Crippen MR) is 75.8 cm³/mol. The number of hydrogen-bond acceptors (Lipinski definition) is 4. The second-order valence-corrected chi connectivity index (χ2v) is 5.98. The van der Waals surface area contributed by atoms with E-state index in [2.05, 4.69) is 21.2 Å². The van der Waals surface area contributed by atoms with Gasteiger partial charge in [0.15, 0.2) is 0 Å². The summed E-state index contributed by atoms with van der Waals surface area (Å²) in [6, 6.07) is 1.99. The number of rotatable bonds is 8. The lowest BCUT2D eigenvalue weighted by Gasteiger charge is -2.12. The van der Waals surface area contributed by atoms with E-state index < -0.39 is 6.10 Å². The molecule has 1 aromatic heterocycles. The Labute approximate surface area is 120 Å². The van der Waals surface area contributed by atoms with Gasteiger partial charge >= 0.3 is 0 Å². The monoisotopic (exact) mass is 335 g/mol. The maximum absolute atomic E-state index is 11.7. The van der Waals surface area contributed by atoms with Crippen LogP contribution in [0.5, 0.6) is 0 Å². The summed E-state index contributed by atoms with van der Waals surface area (Å²) in [7, 11) is 0. The normalized spacial score (nSPS) is 12.4. The van der Waals surface area contributed by atoms with Gasteiger partial charge in [-0.15, -0.1) is 11.3 Å². The minimum Gasteiger partial charge on any atom is -0.379 e. The van der Waals surface area contributed by atoms with Crippen LogP contribution in [0.4, 0.5) is 0 Å². The molecule has 1 amide bonds. The van der Waals surface area contributed by atoms with E-state index in [1.165, 1.54) is 0 Å². The lowest BCUT2D eigenvalue weighted by Crippen LogP contribution is -2.34. The van der Waals surface area contributed by atoms with Crippen molar-refractivity contribution >= 4 is 33.2 Å². The first-order chi connectivity index (χ1) is 8.63. The summed E-state index contributed by atoms with van der Waals surface area (Å²) in [6.07, 6.45) is -0.451. The Morgan fingerprint density at radius 3 is 2.94 bits per heavy atom. The molecule has 1 N–H and O–H groups in total. The molecule has 6 heteroatoms. The van der Waals surface area contributed by atoms with Gasteiger partial charge in [-0.2, -0.15) is 0 Å². The number of carbonyl (C=O) groups excluding carboxylic acids is 1. The highest BCUT2D eigenvalue weighted by Crippen LogP contribution is 2.20. The summed E-state index contributed by atoms with van der Waals surface area (Å²) in [4.78, 5) is 11.7. The Bertz CT molecular complexity index is 370. The van der Waals surface area contributed by atoms with Gasteiger partial charge in [-0.05, 0) is 46.8 Å². The van der Waals surface area contributed by atoms with Crippen LogP contribution in [-0.4, -0.2) is 31.8 Å². The number of hydrogen-bond donors (Lipinski definition) is 1. The molecular formula is C12H18BrNO3S. The molecule has 0 saturated carbocycles. The average molecular weight is 336 g/mol. The highest BCUT2D eigenvalue weighted by atomic mass is 79.9. The van der Waals surface area contributed by atoms with E-state index in [4.69, 9.17) is 9.47 Å². The van der Waals surface area contributed by atoms with Crippen LogP contribution in [0.25, 0.3) is 0 Å². The van der Waals surface area contributed by atoms with Gasteiger partial charge in [0, 0.05) is 13.2 Å². The maximum Gasteiger partial charge on any atom is 0.249 e. The molecule has 0 spiro atoms. The first kappa shape index (κ1) is 15.6. The number of carbonyl (C=O) groups is 1. The molecule has 18 heavy (non-hydrogen) atoms. The molecule has 0 aliphatic heterocycles. The summed E-state index contributed by atoms with van der Waals surface area (Å²) >= 11 is 4.99. The predicted octanol–water partition coefficient (Wildman–Crippen LogP) is 2.57. The fraction of sp³-hybridized carbons (Fsp3) is 0.583. The first-order valence-corrected chi connectivity index (χ1v) is 7.50. The molecule has 1 aromatic rings. The smallest absolute Gasteiger partial charge is 0.249 e. The Hall–Kier alpha value is -0.430. The van der Waals surface area contributed by atoms with Crippen molar-refractivity contribution < 1.29 is 14.3 Å². The summed E-state index contributed by atoms with van der Waals surface area (Å²) in [5.41, 5.74) is 1.08. The molecule has 1 unspecified atom stereocenters. The Kier molecular flexibility index (Phi) is 7.50. The van der Waals surface area contributed by atoms with Gasteiger partial charge in [0.2, 0.25) is 5.91 Å². The molecule has 0 radical (unpaired) electrons. The van der Waals surface area contributed by atoms with Crippen LogP contribution in [0.1, 0.15) is 19.4 Å². The van der Waals surface area contributed by atoms with Crippen molar-refractivity contribution in [1.29, 1.82) is 0 Å². The van der Waals surface area contributed by atoms with Crippen LogP contribution in [0.2, 0.25) is 0 Å². The Morgan fingerprint density at radius 2 is 2.33 bits per heavy atom. The third-order valence-electron chi connectivity index (χ3n) is 2.26. The molecule has 0 saturated heterocycles. The highest BCUT2D eigenvalue weighted by molar-refractivity contribution is 9.11. The van der Waals surface area contributed by atoms with Gasteiger partial charge in [0.25, 0.3) is 0 Å². The Morgan fingerprint density at radius 1 is 1.56 bits per heavy atom. The van der Waals surface area contributed by atoms with Crippen molar-refractivity contribution in [3.63, 3.8) is 0 Å². The third kappa shape index (κ3) is 5.95. The van der Waals surface area contributed by atoms with E-state index in [1.54, 1.807) is 18.3 Å². The summed E-state index contributed by atoms with van der Waals surface area (Å²) in [5, 5.41) is 4.84. The Balaban J connectivity index is 2.19. The van der Waals surface area contributed by atoms with Crippen LogP contribution < -0.4 is 5.32 Å². The van der Waals surface area contributed by atoms with Crippen molar-refractivity contribution in [2.45, 2.75) is 26.5 Å². The number of thiophene rings is 1. The van der Waals surface area contributed by atoms with Gasteiger partial charge in [0.1, 0.15) is 6.10 Å². The standard InChI is InChI=1S/C12H18BrNO3S/c1-3-16-4-5-17-9(2)12(15)14-7-10-6-11(13)18-8-10/h6,8-9H,3-5,7H2,1-2H3,(H,14,15). The van der Waals surface area contributed by atoms with Crippen LogP contribution in [0, 0.1) is 0 Å². The lowest BCUT2D eigenvalue weighted by molar-refractivity contribution is -0.132. The number of halogens is 1.